The summed E-state index contributed by atoms with van der Waals surface area (Å²) < 4.78 is 0. The zero-order valence-electron chi connectivity index (χ0n) is 8.22. The zero-order valence-corrected chi connectivity index (χ0v) is 9.85. The summed E-state index contributed by atoms with van der Waals surface area (Å²) in [6.45, 7) is 0. The third-order valence-electron chi connectivity index (χ3n) is 2.93. The molecule has 0 spiro atoms. The van der Waals surface area contributed by atoms with Crippen molar-refractivity contribution in [1.82, 2.24) is 10.3 Å². The van der Waals surface area contributed by atoms with Crippen LogP contribution in [0.25, 0.3) is 5.57 Å². The molecule has 0 aromatic carbocycles. The van der Waals surface area contributed by atoms with Crippen LogP contribution in [-0.2, 0) is 0 Å². The van der Waals surface area contributed by atoms with Crippen molar-refractivity contribution in [3.8, 4) is 0 Å². The van der Waals surface area contributed by atoms with Gasteiger partial charge in [-0.3, -0.25) is 4.98 Å². The van der Waals surface area contributed by atoms with Gasteiger partial charge in [-0.05, 0) is 30.0 Å². The van der Waals surface area contributed by atoms with Gasteiger partial charge in [0.2, 0.25) is 0 Å². The number of hydrogen-bond acceptors (Lipinski definition) is 2. The molecule has 2 aliphatic heterocycles. The molecule has 15 heavy (non-hydrogen) atoms. The fourth-order valence-electron chi connectivity index (χ4n) is 2.31. The van der Waals surface area contributed by atoms with Crippen molar-refractivity contribution in [3.05, 3.63) is 36.2 Å². The summed E-state index contributed by atoms with van der Waals surface area (Å²) in [5.74, 6) is 0. The van der Waals surface area contributed by atoms with Gasteiger partial charge in [0.1, 0.15) is 0 Å². The molecule has 2 aliphatic rings. The first-order chi connectivity index (χ1) is 6.43. The summed E-state index contributed by atoms with van der Waals surface area (Å²) in [6, 6.07) is 5.36. The smallest absolute Gasteiger partial charge is 0.0343 e. The quantitative estimate of drug-likeness (QED) is 0.822. The second-order valence-corrected chi connectivity index (χ2v) is 3.77. The maximum absolute atomic E-state index is 4.14. The fourth-order valence-corrected chi connectivity index (χ4v) is 2.31. The van der Waals surface area contributed by atoms with E-state index in [0.29, 0.717) is 12.1 Å². The third-order valence-corrected chi connectivity index (χ3v) is 2.93. The van der Waals surface area contributed by atoms with Crippen molar-refractivity contribution in [2.24, 2.45) is 0 Å². The molecule has 0 unspecified atom stereocenters. The first-order valence-electron chi connectivity index (χ1n) is 4.81. The van der Waals surface area contributed by atoms with Gasteiger partial charge in [0, 0.05) is 24.5 Å². The van der Waals surface area contributed by atoms with Gasteiger partial charge in [-0.15, -0.1) is 24.8 Å². The monoisotopic (exact) mass is 244 g/mol. The Morgan fingerprint density at radius 1 is 1.27 bits per heavy atom. The number of nitrogens with zero attached hydrogens (tertiary/aromatic N) is 1. The topological polar surface area (TPSA) is 24.9 Å². The summed E-state index contributed by atoms with van der Waals surface area (Å²) in [7, 11) is 0. The van der Waals surface area contributed by atoms with Crippen molar-refractivity contribution in [2.45, 2.75) is 24.9 Å². The molecule has 3 heterocycles. The van der Waals surface area contributed by atoms with Crippen molar-refractivity contribution in [1.29, 1.82) is 0 Å². The van der Waals surface area contributed by atoms with Crippen LogP contribution >= 0.6 is 24.8 Å². The average Bonchev–Trinajstić information content (AvgIpc) is 2.80. The highest BCUT2D eigenvalue weighted by molar-refractivity contribution is 5.85. The number of nitrogens with one attached hydrogen (secondary N) is 1. The van der Waals surface area contributed by atoms with Crippen LogP contribution in [0.15, 0.2) is 30.6 Å². The first-order valence-corrected chi connectivity index (χ1v) is 4.81. The van der Waals surface area contributed by atoms with Gasteiger partial charge in [0.15, 0.2) is 0 Å². The predicted octanol–water partition coefficient (Wildman–Crippen LogP) is 2.44. The minimum atomic E-state index is 0. The molecule has 2 atom stereocenters. The fraction of sp³-hybridized carbons (Fsp3) is 0.364. The second-order valence-electron chi connectivity index (χ2n) is 3.77. The lowest BCUT2D eigenvalue weighted by molar-refractivity contribution is 0.721. The van der Waals surface area contributed by atoms with Crippen LogP contribution in [0.4, 0.5) is 0 Å². The standard InChI is InChI=1S/C11H12N2.2ClH/c1-2-8(7-12-5-1)10-6-9-3-4-11(10)13-9;;/h1-2,5-7,9,11,13H,3-4H2;2*1H/t9-,11+;;/m0../s1. The zero-order chi connectivity index (χ0) is 8.67. The molecular weight excluding hydrogens is 231 g/mol. The number of hydrogen-bond donors (Lipinski definition) is 1. The predicted molar refractivity (Wildman–Crippen MR) is 66.7 cm³/mol. The lowest BCUT2D eigenvalue weighted by Gasteiger charge is -2.11. The van der Waals surface area contributed by atoms with Crippen LogP contribution in [-0.4, -0.2) is 17.1 Å². The largest absolute Gasteiger partial charge is 0.304 e. The Labute approximate surface area is 102 Å². The number of fused-ring (bicyclic) bond motifs is 2. The van der Waals surface area contributed by atoms with Gasteiger partial charge in [-0.25, -0.2) is 0 Å². The Hall–Kier alpha value is -0.570. The molecular formula is C11H14Cl2N2. The second kappa shape index (κ2) is 4.97. The van der Waals surface area contributed by atoms with Crippen molar-refractivity contribution in [3.63, 3.8) is 0 Å². The molecule has 1 aromatic rings. The maximum atomic E-state index is 4.14. The Morgan fingerprint density at radius 2 is 2.13 bits per heavy atom. The lowest BCUT2D eigenvalue weighted by atomic mass is 9.94. The maximum Gasteiger partial charge on any atom is 0.0343 e. The van der Waals surface area contributed by atoms with E-state index in [1.165, 1.54) is 24.0 Å². The van der Waals surface area contributed by atoms with Crippen molar-refractivity contribution >= 4 is 30.4 Å². The molecule has 0 aliphatic carbocycles. The van der Waals surface area contributed by atoms with E-state index in [0.717, 1.165) is 0 Å². The highest BCUT2D eigenvalue weighted by Crippen LogP contribution is 2.33. The number of pyridine rings is 1. The summed E-state index contributed by atoms with van der Waals surface area (Å²) in [5.41, 5.74) is 2.73. The van der Waals surface area contributed by atoms with Crippen LogP contribution in [0.2, 0.25) is 0 Å². The van der Waals surface area contributed by atoms with Crippen LogP contribution in [0, 0.1) is 0 Å². The molecule has 1 saturated heterocycles. The van der Waals surface area contributed by atoms with E-state index < -0.39 is 0 Å². The van der Waals surface area contributed by atoms with Crippen molar-refractivity contribution < 1.29 is 0 Å². The lowest BCUT2D eigenvalue weighted by Crippen LogP contribution is -2.21. The van der Waals surface area contributed by atoms with E-state index in [1.807, 2.05) is 18.5 Å². The summed E-state index contributed by atoms with van der Waals surface area (Å²) in [4.78, 5) is 4.14. The van der Waals surface area contributed by atoms with Crippen LogP contribution < -0.4 is 5.32 Å². The first kappa shape index (κ1) is 12.5. The highest BCUT2D eigenvalue weighted by Gasteiger charge is 2.32. The highest BCUT2D eigenvalue weighted by atomic mass is 35.5. The third kappa shape index (κ3) is 2.17. The molecule has 82 valence electrons. The molecule has 1 N–H and O–H groups in total. The van der Waals surface area contributed by atoms with Gasteiger partial charge < -0.3 is 5.32 Å². The van der Waals surface area contributed by atoms with E-state index in [4.69, 9.17) is 0 Å². The van der Waals surface area contributed by atoms with Crippen LogP contribution in [0.3, 0.4) is 0 Å². The average molecular weight is 245 g/mol. The van der Waals surface area contributed by atoms with Gasteiger partial charge >= 0.3 is 0 Å². The molecule has 2 bridgehead atoms. The Kier molecular flexibility index (Phi) is 4.14. The number of rotatable bonds is 1. The van der Waals surface area contributed by atoms with E-state index in [1.54, 1.807) is 0 Å². The Bertz CT molecular complexity index is 351. The van der Waals surface area contributed by atoms with E-state index in [2.05, 4.69) is 22.4 Å². The normalized spacial score (nSPS) is 26.5. The summed E-state index contributed by atoms with van der Waals surface area (Å²) >= 11 is 0. The molecule has 1 aromatic heterocycles. The minimum absolute atomic E-state index is 0. The molecule has 0 radical (unpaired) electrons. The molecule has 3 rings (SSSR count). The van der Waals surface area contributed by atoms with Gasteiger partial charge in [-0.2, -0.15) is 0 Å². The molecule has 0 amide bonds. The number of aromatic nitrogens is 1. The minimum Gasteiger partial charge on any atom is -0.304 e. The molecule has 4 heteroatoms. The van der Waals surface area contributed by atoms with Gasteiger partial charge in [-0.1, -0.05) is 12.1 Å². The van der Waals surface area contributed by atoms with Gasteiger partial charge in [0.05, 0.1) is 0 Å². The number of halogens is 2. The summed E-state index contributed by atoms with van der Waals surface area (Å²) in [6.07, 6.45) is 8.71. The SMILES string of the molecule is C1=C(c2cccnc2)[C@H]2CC[C@@H]1N2.Cl.Cl. The van der Waals surface area contributed by atoms with Crippen LogP contribution in [0.5, 0.6) is 0 Å². The molecule has 1 fully saturated rings. The van der Waals surface area contributed by atoms with E-state index in [9.17, 15) is 0 Å². The van der Waals surface area contributed by atoms with Crippen molar-refractivity contribution in [2.75, 3.05) is 0 Å². The molecule has 0 saturated carbocycles. The molecule has 2 nitrogen and oxygen atoms in total. The van der Waals surface area contributed by atoms with Gasteiger partial charge in [0.25, 0.3) is 0 Å². The van der Waals surface area contributed by atoms with E-state index in [-0.39, 0.29) is 24.8 Å². The Morgan fingerprint density at radius 3 is 2.67 bits per heavy atom. The summed E-state index contributed by atoms with van der Waals surface area (Å²) in [5, 5.41) is 3.56. The van der Waals surface area contributed by atoms with Crippen LogP contribution in [0.1, 0.15) is 18.4 Å². The van der Waals surface area contributed by atoms with E-state index >= 15 is 0 Å². The Balaban J connectivity index is 0.000000562.